The van der Waals surface area contributed by atoms with Gasteiger partial charge in [-0.15, -0.1) is 0 Å². The van der Waals surface area contributed by atoms with Crippen LogP contribution in [0.1, 0.15) is 19.4 Å². The fourth-order valence-electron chi connectivity index (χ4n) is 1.70. The zero-order valence-corrected chi connectivity index (χ0v) is 11.9. The second-order valence-corrected chi connectivity index (χ2v) is 5.77. The third-order valence-corrected chi connectivity index (χ3v) is 3.63. The van der Waals surface area contributed by atoms with Gasteiger partial charge >= 0.3 is 0 Å². The minimum absolute atomic E-state index is 0.173. The molecule has 0 bridgehead atoms. The minimum atomic E-state index is -0.173. The lowest BCUT2D eigenvalue weighted by atomic mass is 10.2. The van der Waals surface area contributed by atoms with Gasteiger partial charge in [-0.05, 0) is 24.6 Å². The molecular formula is C14H18FN3S. The average molecular weight is 279 g/mol. The lowest BCUT2D eigenvalue weighted by Gasteiger charge is -2.11. The van der Waals surface area contributed by atoms with Crippen molar-refractivity contribution < 1.29 is 4.39 Å². The van der Waals surface area contributed by atoms with Gasteiger partial charge in [0.15, 0.2) is 5.16 Å². The molecule has 0 aliphatic carbocycles. The smallest absolute Gasteiger partial charge is 0.170 e. The standard InChI is InChI=1S/C14H18FN3S/c1-10(2)8-16-9-11-12(15)4-3-5-13(11)19-14-17-6-7-18-14/h3-7,10,16H,8-9H2,1-2H3,(H,17,18). The molecule has 0 unspecified atom stereocenters. The van der Waals surface area contributed by atoms with Crippen LogP contribution in [-0.2, 0) is 6.54 Å². The van der Waals surface area contributed by atoms with Crippen LogP contribution in [0.3, 0.4) is 0 Å². The van der Waals surface area contributed by atoms with E-state index in [4.69, 9.17) is 0 Å². The Labute approximate surface area is 117 Å². The van der Waals surface area contributed by atoms with Gasteiger partial charge < -0.3 is 10.3 Å². The Kier molecular flexibility index (Phi) is 4.99. The molecule has 2 N–H and O–H groups in total. The normalized spacial score (nSPS) is 11.2. The van der Waals surface area contributed by atoms with Crippen LogP contribution in [-0.4, -0.2) is 16.5 Å². The molecule has 0 fully saturated rings. The topological polar surface area (TPSA) is 40.7 Å². The first-order chi connectivity index (χ1) is 9.16. The number of aromatic nitrogens is 2. The number of rotatable bonds is 6. The number of nitrogens with zero attached hydrogens (tertiary/aromatic N) is 1. The van der Waals surface area contributed by atoms with E-state index in [1.165, 1.54) is 17.8 Å². The first-order valence-corrected chi connectivity index (χ1v) is 7.14. The number of imidazole rings is 1. The molecule has 0 saturated heterocycles. The maximum absolute atomic E-state index is 13.9. The van der Waals surface area contributed by atoms with Crippen molar-refractivity contribution in [1.82, 2.24) is 15.3 Å². The van der Waals surface area contributed by atoms with Gasteiger partial charge in [0.05, 0.1) is 0 Å². The number of halogens is 1. The minimum Gasteiger partial charge on any atom is -0.339 e. The summed E-state index contributed by atoms with van der Waals surface area (Å²) in [5.74, 6) is 0.376. The Balaban J connectivity index is 2.11. The van der Waals surface area contributed by atoms with E-state index in [0.717, 1.165) is 16.6 Å². The molecule has 0 aliphatic heterocycles. The summed E-state index contributed by atoms with van der Waals surface area (Å²) in [6, 6.07) is 5.15. The molecule has 102 valence electrons. The molecule has 1 aromatic carbocycles. The monoisotopic (exact) mass is 279 g/mol. The van der Waals surface area contributed by atoms with E-state index in [-0.39, 0.29) is 5.82 Å². The Morgan fingerprint density at radius 3 is 2.95 bits per heavy atom. The molecular weight excluding hydrogens is 261 g/mol. The fourth-order valence-corrected chi connectivity index (χ4v) is 2.59. The predicted molar refractivity (Wildman–Crippen MR) is 75.7 cm³/mol. The molecule has 0 amide bonds. The summed E-state index contributed by atoms with van der Waals surface area (Å²) in [6.45, 7) is 5.67. The Morgan fingerprint density at radius 2 is 2.26 bits per heavy atom. The number of nitrogens with one attached hydrogen (secondary N) is 2. The highest BCUT2D eigenvalue weighted by Crippen LogP contribution is 2.29. The quantitative estimate of drug-likeness (QED) is 0.851. The summed E-state index contributed by atoms with van der Waals surface area (Å²) >= 11 is 1.45. The first-order valence-electron chi connectivity index (χ1n) is 6.32. The number of hydrogen-bond donors (Lipinski definition) is 2. The first kappa shape index (κ1) is 14.1. The number of hydrogen-bond acceptors (Lipinski definition) is 3. The maximum atomic E-state index is 13.9. The third-order valence-electron chi connectivity index (χ3n) is 2.61. The molecule has 2 aromatic rings. The van der Waals surface area contributed by atoms with Crippen LogP contribution < -0.4 is 5.32 Å². The van der Waals surface area contributed by atoms with Crippen molar-refractivity contribution in [2.75, 3.05) is 6.54 Å². The van der Waals surface area contributed by atoms with Gasteiger partial charge in [0.1, 0.15) is 5.82 Å². The zero-order chi connectivity index (χ0) is 13.7. The van der Waals surface area contributed by atoms with E-state index in [1.54, 1.807) is 18.5 Å². The van der Waals surface area contributed by atoms with Crippen molar-refractivity contribution in [1.29, 1.82) is 0 Å². The van der Waals surface area contributed by atoms with Crippen molar-refractivity contribution in [2.24, 2.45) is 5.92 Å². The summed E-state index contributed by atoms with van der Waals surface area (Å²) in [6.07, 6.45) is 3.45. The number of benzene rings is 1. The number of H-pyrrole nitrogens is 1. The van der Waals surface area contributed by atoms with Gasteiger partial charge in [-0.2, -0.15) is 0 Å². The molecule has 1 aromatic heterocycles. The molecule has 3 nitrogen and oxygen atoms in total. The van der Waals surface area contributed by atoms with E-state index in [0.29, 0.717) is 18.0 Å². The van der Waals surface area contributed by atoms with E-state index in [1.807, 2.05) is 6.07 Å². The largest absolute Gasteiger partial charge is 0.339 e. The number of aromatic amines is 1. The van der Waals surface area contributed by atoms with Crippen molar-refractivity contribution in [3.8, 4) is 0 Å². The zero-order valence-electron chi connectivity index (χ0n) is 11.1. The van der Waals surface area contributed by atoms with Crippen LogP contribution in [0.25, 0.3) is 0 Å². The van der Waals surface area contributed by atoms with Crippen molar-refractivity contribution >= 4 is 11.8 Å². The van der Waals surface area contributed by atoms with Crippen molar-refractivity contribution in [2.45, 2.75) is 30.4 Å². The summed E-state index contributed by atoms with van der Waals surface area (Å²) in [7, 11) is 0. The molecule has 19 heavy (non-hydrogen) atoms. The summed E-state index contributed by atoms with van der Waals surface area (Å²) in [4.78, 5) is 8.07. The summed E-state index contributed by atoms with van der Waals surface area (Å²) < 4.78 is 13.9. The van der Waals surface area contributed by atoms with Crippen LogP contribution in [0, 0.1) is 11.7 Å². The molecule has 0 spiro atoms. The molecule has 0 atom stereocenters. The van der Waals surface area contributed by atoms with E-state index >= 15 is 0 Å². The average Bonchev–Trinajstić information content (AvgIpc) is 2.85. The van der Waals surface area contributed by atoms with E-state index in [9.17, 15) is 4.39 Å². The second-order valence-electron chi connectivity index (χ2n) is 4.74. The lowest BCUT2D eigenvalue weighted by Crippen LogP contribution is -2.20. The SMILES string of the molecule is CC(C)CNCc1c(F)cccc1Sc1ncc[nH]1. The Bertz CT molecular complexity index is 511. The van der Waals surface area contributed by atoms with Gasteiger partial charge in [0, 0.05) is 29.4 Å². The Morgan fingerprint density at radius 1 is 1.42 bits per heavy atom. The van der Waals surface area contributed by atoms with Crippen LogP contribution in [0.4, 0.5) is 4.39 Å². The Hall–Kier alpha value is -1.33. The van der Waals surface area contributed by atoms with Gasteiger partial charge in [0.2, 0.25) is 0 Å². The van der Waals surface area contributed by atoms with Crippen LogP contribution >= 0.6 is 11.8 Å². The highest BCUT2D eigenvalue weighted by Gasteiger charge is 2.10. The third kappa shape index (κ3) is 4.08. The van der Waals surface area contributed by atoms with Crippen molar-refractivity contribution in [3.63, 3.8) is 0 Å². The lowest BCUT2D eigenvalue weighted by molar-refractivity contribution is 0.530. The fraction of sp³-hybridized carbons (Fsp3) is 0.357. The highest BCUT2D eigenvalue weighted by atomic mass is 32.2. The second kappa shape index (κ2) is 6.73. The van der Waals surface area contributed by atoms with Crippen LogP contribution in [0.15, 0.2) is 40.6 Å². The maximum Gasteiger partial charge on any atom is 0.170 e. The van der Waals surface area contributed by atoms with Gasteiger partial charge in [-0.1, -0.05) is 31.7 Å². The highest BCUT2D eigenvalue weighted by molar-refractivity contribution is 7.99. The molecule has 0 aliphatic rings. The van der Waals surface area contributed by atoms with Gasteiger partial charge in [0.25, 0.3) is 0 Å². The molecule has 2 rings (SSSR count). The molecule has 0 radical (unpaired) electrons. The van der Waals surface area contributed by atoms with E-state index in [2.05, 4.69) is 29.1 Å². The molecule has 5 heteroatoms. The van der Waals surface area contributed by atoms with Crippen LogP contribution in [0.5, 0.6) is 0 Å². The van der Waals surface area contributed by atoms with Crippen molar-refractivity contribution in [3.05, 3.63) is 42.0 Å². The van der Waals surface area contributed by atoms with E-state index < -0.39 is 0 Å². The summed E-state index contributed by atoms with van der Waals surface area (Å²) in [5, 5.41) is 4.05. The van der Waals surface area contributed by atoms with Gasteiger partial charge in [-0.25, -0.2) is 9.37 Å². The van der Waals surface area contributed by atoms with Gasteiger partial charge in [-0.3, -0.25) is 0 Å². The molecule has 0 saturated carbocycles. The van der Waals surface area contributed by atoms with Crippen LogP contribution in [0.2, 0.25) is 0 Å². The molecule has 1 heterocycles. The summed E-state index contributed by atoms with van der Waals surface area (Å²) in [5.41, 5.74) is 0.699. The predicted octanol–water partition coefficient (Wildman–Crippen LogP) is 3.45.